The molecule has 20 atom stereocenters. The van der Waals surface area contributed by atoms with E-state index in [9.17, 15) is 19.8 Å². The number of hydrogen-bond donors (Lipinski definition) is 4. The van der Waals surface area contributed by atoms with E-state index in [1.807, 2.05) is 0 Å². The number of amides is 2. The third kappa shape index (κ3) is 5.71. The smallest absolute Gasteiger partial charge is 0.220 e. The highest BCUT2D eigenvalue weighted by Crippen LogP contribution is 2.70. The summed E-state index contributed by atoms with van der Waals surface area (Å²) in [5, 5.41) is 31.5. The van der Waals surface area contributed by atoms with Gasteiger partial charge in [-0.05, 0) is 208 Å². The van der Waals surface area contributed by atoms with Gasteiger partial charge < -0.3 is 20.8 Å². The lowest BCUT2D eigenvalue weighted by molar-refractivity contribution is -0.171. The van der Waals surface area contributed by atoms with Crippen LogP contribution in [0.25, 0.3) is 0 Å². The quantitative estimate of drug-likeness (QED) is 0.199. The van der Waals surface area contributed by atoms with Crippen molar-refractivity contribution in [3.63, 3.8) is 0 Å². The van der Waals surface area contributed by atoms with Crippen LogP contribution in [-0.4, -0.2) is 46.3 Å². The Morgan fingerprint density at radius 1 is 0.481 bits per heavy atom. The van der Waals surface area contributed by atoms with E-state index in [0.29, 0.717) is 83.9 Å². The molecule has 0 aromatic rings. The van der Waals surface area contributed by atoms with E-state index in [0.717, 1.165) is 64.2 Å². The predicted octanol–water partition coefficient (Wildman–Crippen LogP) is 9.06. The Kier molecular flexibility index (Phi) is 9.76. The summed E-state index contributed by atoms with van der Waals surface area (Å²) in [4.78, 5) is 27.3. The fourth-order valence-electron chi connectivity index (χ4n) is 18.3. The lowest BCUT2D eigenvalue weighted by atomic mass is 9.43. The maximum Gasteiger partial charge on any atom is 0.220 e. The van der Waals surface area contributed by atoms with Crippen molar-refractivity contribution in [2.24, 2.45) is 92.7 Å². The molecule has 0 unspecified atom stereocenters. The van der Waals surface area contributed by atoms with Crippen LogP contribution in [0.5, 0.6) is 0 Å². The van der Waals surface area contributed by atoms with Gasteiger partial charge in [-0.15, -0.1) is 0 Å². The van der Waals surface area contributed by atoms with Crippen molar-refractivity contribution in [1.82, 2.24) is 10.6 Å². The second kappa shape index (κ2) is 13.7. The first kappa shape index (κ1) is 38.4. The fourth-order valence-corrected chi connectivity index (χ4v) is 18.3. The number of aliphatic hydroxyl groups is 2. The topological polar surface area (TPSA) is 98.7 Å². The largest absolute Gasteiger partial charge is 0.393 e. The lowest BCUT2D eigenvalue weighted by Crippen LogP contribution is -2.59. The second-order valence-electron chi connectivity index (χ2n) is 23.0. The average Bonchev–Trinajstić information content (AvgIpc) is 3.69. The Balaban J connectivity index is 0.964. The molecule has 16 bridgehead atoms. The fraction of sp³-hybridized carbons (Fsp3) is 0.958. The molecule has 0 aromatic heterocycles. The van der Waals surface area contributed by atoms with Crippen molar-refractivity contribution < 1.29 is 19.8 Å². The summed E-state index contributed by atoms with van der Waals surface area (Å²) >= 11 is 0. The first-order chi connectivity index (χ1) is 25.7. The SMILES string of the molecule is C[C@@H]1CCC(=O)N[C@@H]2CC[C@@]3(C)[C@H](CC[C@@H]4[C@@H]3C[C@H](O)[C@]3(C)[C@H](CC[C@@H]43)[C@H](C)CCC(=O)N[C@@H]3CC[C@@]4(C)[C@H](CC[C@@H]5[C@@H]4C[C@H](O)[C@]4(C)[C@@H]1CC[C@@H]54)C3)C2. The minimum Gasteiger partial charge on any atom is -0.393 e. The van der Waals surface area contributed by atoms with Gasteiger partial charge in [0, 0.05) is 24.9 Å². The van der Waals surface area contributed by atoms with Gasteiger partial charge in [0.15, 0.2) is 0 Å². The van der Waals surface area contributed by atoms with E-state index in [1.54, 1.807) is 0 Å². The number of hydrogen-bond acceptors (Lipinski definition) is 4. The van der Waals surface area contributed by atoms with Crippen molar-refractivity contribution in [3.05, 3.63) is 0 Å². The van der Waals surface area contributed by atoms with Crippen molar-refractivity contribution in [3.8, 4) is 0 Å². The normalized spacial score (nSPS) is 57.6. The molecule has 304 valence electrons. The van der Waals surface area contributed by atoms with E-state index >= 15 is 0 Å². The molecule has 0 radical (unpaired) electrons. The third-order valence-electron chi connectivity index (χ3n) is 21.4. The molecule has 8 saturated heterocycles. The summed E-state index contributed by atoms with van der Waals surface area (Å²) in [6, 6.07) is 0.554. The second-order valence-corrected chi connectivity index (χ2v) is 23.0. The molecule has 8 aliphatic heterocycles. The van der Waals surface area contributed by atoms with Crippen molar-refractivity contribution in [2.45, 2.75) is 194 Å². The summed E-state index contributed by atoms with van der Waals surface area (Å²) < 4.78 is 0. The molecule has 0 spiro atoms. The molecule has 6 heteroatoms. The summed E-state index contributed by atoms with van der Waals surface area (Å²) in [5.41, 5.74) is 0.383. The first-order valence-electron chi connectivity index (χ1n) is 23.6. The molecule has 8 aliphatic carbocycles. The molecule has 6 nitrogen and oxygen atoms in total. The first-order valence-corrected chi connectivity index (χ1v) is 23.6. The van der Waals surface area contributed by atoms with E-state index in [4.69, 9.17) is 0 Å². The zero-order chi connectivity index (χ0) is 37.9. The molecular weight excluding hydrogens is 669 g/mol. The summed E-state index contributed by atoms with van der Waals surface area (Å²) in [6.45, 7) is 14.8. The van der Waals surface area contributed by atoms with Crippen LogP contribution in [-0.2, 0) is 9.59 Å². The van der Waals surface area contributed by atoms with Crippen LogP contribution in [0.3, 0.4) is 0 Å². The molecule has 0 aromatic carbocycles. The molecule has 8 heterocycles. The van der Waals surface area contributed by atoms with Crippen LogP contribution in [0.2, 0.25) is 0 Å². The molecule has 2 amide bonds. The van der Waals surface area contributed by atoms with Gasteiger partial charge in [-0.1, -0.05) is 41.5 Å². The Hall–Kier alpha value is -1.14. The molecule has 16 rings (SSSR count). The Labute approximate surface area is 328 Å². The average molecular weight is 747 g/mol. The van der Waals surface area contributed by atoms with Crippen LogP contribution in [0.1, 0.15) is 170 Å². The minimum absolute atomic E-state index is 0.0541. The lowest BCUT2D eigenvalue weighted by Gasteiger charge is -2.62. The van der Waals surface area contributed by atoms with Crippen LogP contribution in [0, 0.1) is 92.7 Å². The zero-order valence-electron chi connectivity index (χ0n) is 35.1. The van der Waals surface area contributed by atoms with Gasteiger partial charge in [-0.25, -0.2) is 0 Å². The standard InChI is InChI=1S/C48H78N2O4/c1-27-7-17-43(53)49-31-19-21-46(4)30(23-31)10-12-34-38-16-14-36(48(38,6)42(52)26-40(34)46)28(2)8-18-44(54)50-32-20-22-45(3)29(24-32)9-11-33-37-15-13-35(27)47(37,5)41(51)25-39(33)45/h27-42,51-52H,7-26H2,1-6H3,(H,49,53)(H,50,54)/t27-,28-,29-,30-,31-,32-,33+,34+,35-,36-,37+,38+,39+,40+,41+,42+,45+,46+,47-,48-/m1/s1. The highest BCUT2D eigenvalue weighted by Gasteiger charge is 2.65. The van der Waals surface area contributed by atoms with Crippen LogP contribution in [0.4, 0.5) is 0 Å². The van der Waals surface area contributed by atoms with Gasteiger partial charge in [-0.3, -0.25) is 9.59 Å². The van der Waals surface area contributed by atoms with Gasteiger partial charge in [0.1, 0.15) is 0 Å². The third-order valence-corrected chi connectivity index (χ3v) is 21.4. The number of rotatable bonds is 0. The Morgan fingerprint density at radius 3 is 1.28 bits per heavy atom. The summed E-state index contributed by atoms with van der Waals surface area (Å²) in [6.07, 6.45) is 20.9. The molecule has 16 aliphatic rings. The molecule has 8 saturated carbocycles. The van der Waals surface area contributed by atoms with Gasteiger partial charge >= 0.3 is 0 Å². The number of aliphatic hydroxyl groups excluding tert-OH is 2. The summed E-state index contributed by atoms with van der Waals surface area (Å²) in [5.74, 6) is 7.24. The zero-order valence-corrected chi connectivity index (χ0v) is 35.1. The van der Waals surface area contributed by atoms with Gasteiger partial charge in [0.2, 0.25) is 11.8 Å². The highest BCUT2D eigenvalue weighted by molar-refractivity contribution is 5.76. The Morgan fingerprint density at radius 2 is 0.870 bits per heavy atom. The molecule has 54 heavy (non-hydrogen) atoms. The van der Waals surface area contributed by atoms with E-state index in [1.165, 1.54) is 51.4 Å². The summed E-state index contributed by atoms with van der Waals surface area (Å²) in [7, 11) is 0. The van der Waals surface area contributed by atoms with E-state index in [2.05, 4.69) is 52.2 Å². The highest BCUT2D eigenvalue weighted by atomic mass is 16.3. The van der Waals surface area contributed by atoms with Gasteiger partial charge in [0.05, 0.1) is 12.2 Å². The molecular formula is C48H78N2O4. The monoisotopic (exact) mass is 747 g/mol. The predicted molar refractivity (Wildman–Crippen MR) is 214 cm³/mol. The van der Waals surface area contributed by atoms with Crippen molar-refractivity contribution >= 4 is 11.8 Å². The molecule has 4 N–H and O–H groups in total. The maximum atomic E-state index is 13.6. The minimum atomic E-state index is -0.269. The van der Waals surface area contributed by atoms with E-state index < -0.39 is 0 Å². The number of carbonyl (C=O) groups excluding carboxylic acids is 2. The molecule has 16 fully saturated rings. The van der Waals surface area contributed by atoms with Crippen molar-refractivity contribution in [1.29, 1.82) is 0 Å². The van der Waals surface area contributed by atoms with Crippen LogP contribution < -0.4 is 10.6 Å². The van der Waals surface area contributed by atoms with Crippen LogP contribution >= 0.6 is 0 Å². The van der Waals surface area contributed by atoms with Crippen LogP contribution in [0.15, 0.2) is 0 Å². The van der Waals surface area contributed by atoms with Gasteiger partial charge in [0.25, 0.3) is 0 Å². The number of carbonyl (C=O) groups is 2. The number of nitrogens with one attached hydrogen (secondary N) is 2. The van der Waals surface area contributed by atoms with Gasteiger partial charge in [-0.2, -0.15) is 0 Å². The Bertz CT molecular complexity index is 1350. The van der Waals surface area contributed by atoms with E-state index in [-0.39, 0.29) is 57.8 Å². The van der Waals surface area contributed by atoms with Crippen molar-refractivity contribution in [2.75, 3.05) is 0 Å². The maximum absolute atomic E-state index is 13.6.